The molecule has 0 aliphatic rings. The van der Waals surface area contributed by atoms with Gasteiger partial charge in [-0.15, -0.1) is 0 Å². The van der Waals surface area contributed by atoms with Gasteiger partial charge < -0.3 is 20.3 Å². The highest BCUT2D eigenvalue weighted by atomic mass is 16.1. The molecule has 4 aromatic rings. The minimum Gasteiger partial charge on any atom is -0.361 e. The Kier molecular flexibility index (Phi) is 4.08. The fourth-order valence-corrected chi connectivity index (χ4v) is 3.30. The number of para-hydroxylation sites is 1. The van der Waals surface area contributed by atoms with Crippen molar-refractivity contribution in [3.05, 3.63) is 70.3 Å². The number of amides is 1. The normalized spacial score (nSPS) is 12.5. The van der Waals surface area contributed by atoms with Crippen LogP contribution in [0.3, 0.4) is 0 Å². The maximum Gasteiger partial charge on any atom is 0.323 e. The van der Waals surface area contributed by atoms with Crippen molar-refractivity contribution in [2.75, 3.05) is 0 Å². The molecule has 0 spiro atoms. The van der Waals surface area contributed by atoms with Gasteiger partial charge in [-0.3, -0.25) is 4.79 Å². The van der Waals surface area contributed by atoms with Crippen LogP contribution in [0.25, 0.3) is 21.9 Å². The number of fused-ring (bicyclic) bond motifs is 2. The van der Waals surface area contributed by atoms with Crippen molar-refractivity contribution < 1.29 is 4.79 Å². The summed E-state index contributed by atoms with van der Waals surface area (Å²) in [6.07, 6.45) is 3.08. The molecule has 0 radical (unpaired) electrons. The van der Waals surface area contributed by atoms with E-state index in [2.05, 4.69) is 26.3 Å². The Bertz CT molecular complexity index is 1140. The zero-order chi connectivity index (χ0) is 18.1. The lowest BCUT2D eigenvalue weighted by Gasteiger charge is -2.14. The quantitative estimate of drug-likeness (QED) is 0.446. The van der Waals surface area contributed by atoms with E-state index in [1.54, 1.807) is 0 Å². The topological polar surface area (TPSA) is 93.5 Å². The van der Waals surface area contributed by atoms with Gasteiger partial charge in [0.2, 0.25) is 5.91 Å². The van der Waals surface area contributed by atoms with Crippen LogP contribution in [-0.2, 0) is 11.2 Å². The number of carbonyl (C=O) groups is 1. The van der Waals surface area contributed by atoms with Gasteiger partial charge in [0.25, 0.3) is 0 Å². The van der Waals surface area contributed by atoms with Gasteiger partial charge in [0.1, 0.15) is 0 Å². The van der Waals surface area contributed by atoms with Gasteiger partial charge in [0.05, 0.1) is 17.1 Å². The van der Waals surface area contributed by atoms with E-state index >= 15 is 0 Å². The van der Waals surface area contributed by atoms with E-state index in [1.165, 1.54) is 0 Å². The Balaban J connectivity index is 1.41. The first-order valence-corrected chi connectivity index (χ1v) is 8.66. The Morgan fingerprint density at radius 3 is 2.77 bits per heavy atom. The van der Waals surface area contributed by atoms with Crippen molar-refractivity contribution in [3.8, 4) is 0 Å². The molecule has 4 N–H and O–H groups in total. The van der Waals surface area contributed by atoms with Crippen LogP contribution >= 0.6 is 0 Å². The summed E-state index contributed by atoms with van der Waals surface area (Å²) < 4.78 is 0. The molecule has 0 fully saturated rings. The fraction of sp³-hybridized carbons (Fsp3) is 0.200. The van der Waals surface area contributed by atoms with Crippen molar-refractivity contribution >= 4 is 27.8 Å². The van der Waals surface area contributed by atoms with Crippen LogP contribution in [0.4, 0.5) is 0 Å². The molecule has 6 heteroatoms. The van der Waals surface area contributed by atoms with Gasteiger partial charge in [-0.25, -0.2) is 4.79 Å². The minimum atomic E-state index is -0.229. The second kappa shape index (κ2) is 6.55. The number of aryl methyl sites for hydroxylation is 1. The van der Waals surface area contributed by atoms with E-state index in [1.807, 2.05) is 49.5 Å². The SMILES string of the molecule is CC(NC(=O)CCc1c[nH]c2ccccc12)c1ccc2[nH]c(=O)[nH]c2c1. The maximum atomic E-state index is 12.3. The molecule has 0 saturated carbocycles. The largest absolute Gasteiger partial charge is 0.361 e. The molecule has 6 nitrogen and oxygen atoms in total. The predicted molar refractivity (Wildman–Crippen MR) is 102 cm³/mol. The smallest absolute Gasteiger partial charge is 0.323 e. The maximum absolute atomic E-state index is 12.3. The second-order valence-electron chi connectivity index (χ2n) is 6.53. The highest BCUT2D eigenvalue weighted by Gasteiger charge is 2.12. The molecule has 2 aromatic heterocycles. The van der Waals surface area contributed by atoms with Crippen molar-refractivity contribution in [1.82, 2.24) is 20.3 Å². The van der Waals surface area contributed by atoms with Crippen LogP contribution < -0.4 is 11.0 Å². The van der Waals surface area contributed by atoms with Crippen molar-refractivity contribution in [2.24, 2.45) is 0 Å². The highest BCUT2D eigenvalue weighted by Crippen LogP contribution is 2.20. The van der Waals surface area contributed by atoms with E-state index in [-0.39, 0.29) is 17.6 Å². The molecule has 1 unspecified atom stereocenters. The molecule has 1 amide bonds. The number of aromatic amines is 3. The van der Waals surface area contributed by atoms with Crippen molar-refractivity contribution in [3.63, 3.8) is 0 Å². The van der Waals surface area contributed by atoms with E-state index in [0.29, 0.717) is 12.8 Å². The Labute approximate surface area is 149 Å². The average molecular weight is 348 g/mol. The van der Waals surface area contributed by atoms with Gasteiger partial charge in [-0.2, -0.15) is 0 Å². The molecular formula is C20H20N4O2. The summed E-state index contributed by atoms with van der Waals surface area (Å²) in [7, 11) is 0. The van der Waals surface area contributed by atoms with Crippen LogP contribution in [0.5, 0.6) is 0 Å². The molecule has 0 aliphatic heterocycles. The van der Waals surface area contributed by atoms with Crippen LogP contribution in [0.1, 0.15) is 30.5 Å². The van der Waals surface area contributed by atoms with Gasteiger partial charge in [-0.05, 0) is 42.7 Å². The van der Waals surface area contributed by atoms with E-state index in [9.17, 15) is 9.59 Å². The number of imidazole rings is 1. The molecule has 0 aliphatic carbocycles. The van der Waals surface area contributed by atoms with Gasteiger partial charge >= 0.3 is 5.69 Å². The number of carbonyl (C=O) groups excluding carboxylic acids is 1. The van der Waals surface area contributed by atoms with Gasteiger partial charge in [0.15, 0.2) is 0 Å². The van der Waals surface area contributed by atoms with E-state index < -0.39 is 0 Å². The number of benzene rings is 2. The summed E-state index contributed by atoms with van der Waals surface area (Å²) in [4.78, 5) is 32.4. The summed E-state index contributed by atoms with van der Waals surface area (Å²) in [5.41, 5.74) is 4.46. The average Bonchev–Trinajstić information content (AvgIpc) is 3.21. The third-order valence-electron chi connectivity index (χ3n) is 4.71. The third kappa shape index (κ3) is 3.13. The summed E-state index contributed by atoms with van der Waals surface area (Å²) >= 11 is 0. The first-order valence-electron chi connectivity index (χ1n) is 8.66. The van der Waals surface area contributed by atoms with Crippen LogP contribution in [-0.4, -0.2) is 20.9 Å². The first kappa shape index (κ1) is 16.2. The van der Waals surface area contributed by atoms with Crippen molar-refractivity contribution in [1.29, 1.82) is 0 Å². The zero-order valence-corrected chi connectivity index (χ0v) is 14.4. The Morgan fingerprint density at radius 2 is 1.88 bits per heavy atom. The molecule has 132 valence electrons. The number of aromatic nitrogens is 3. The number of nitrogens with one attached hydrogen (secondary N) is 4. The minimum absolute atomic E-state index is 0.00504. The Morgan fingerprint density at radius 1 is 1.08 bits per heavy atom. The standard InChI is InChI=1S/C20H20N4O2/c1-12(13-6-8-17-18(10-13)24-20(26)23-17)22-19(25)9-7-14-11-21-16-5-3-2-4-15(14)16/h2-6,8,10-12,21H,7,9H2,1H3,(H,22,25)(H2,23,24,26). The molecular weight excluding hydrogens is 328 g/mol. The van der Waals surface area contributed by atoms with Crippen LogP contribution in [0.15, 0.2) is 53.5 Å². The molecule has 4 rings (SSSR count). The number of H-pyrrole nitrogens is 3. The summed E-state index contributed by atoms with van der Waals surface area (Å²) in [5.74, 6) is 0.00504. The molecule has 2 aromatic carbocycles. The molecule has 0 bridgehead atoms. The summed E-state index contributed by atoms with van der Waals surface area (Å²) in [6, 6.07) is 13.6. The van der Waals surface area contributed by atoms with Crippen LogP contribution in [0.2, 0.25) is 0 Å². The second-order valence-corrected chi connectivity index (χ2v) is 6.53. The zero-order valence-electron chi connectivity index (χ0n) is 14.4. The summed E-state index contributed by atoms with van der Waals surface area (Å²) in [6.45, 7) is 1.94. The predicted octanol–water partition coefficient (Wildman–Crippen LogP) is 3.15. The van der Waals surface area contributed by atoms with E-state index in [4.69, 9.17) is 0 Å². The van der Waals surface area contributed by atoms with E-state index in [0.717, 1.165) is 33.1 Å². The fourth-order valence-electron chi connectivity index (χ4n) is 3.30. The lowest BCUT2D eigenvalue weighted by molar-refractivity contribution is -0.121. The summed E-state index contributed by atoms with van der Waals surface area (Å²) in [5, 5.41) is 4.19. The Hall–Kier alpha value is -3.28. The van der Waals surface area contributed by atoms with Gasteiger partial charge in [0, 0.05) is 23.5 Å². The molecule has 1 atom stereocenters. The third-order valence-corrected chi connectivity index (χ3v) is 4.71. The monoisotopic (exact) mass is 348 g/mol. The number of hydrogen-bond donors (Lipinski definition) is 4. The number of rotatable bonds is 5. The van der Waals surface area contributed by atoms with Crippen molar-refractivity contribution in [2.45, 2.75) is 25.8 Å². The molecule has 0 saturated heterocycles. The van der Waals surface area contributed by atoms with Crippen LogP contribution in [0, 0.1) is 0 Å². The molecule has 2 heterocycles. The lowest BCUT2D eigenvalue weighted by Crippen LogP contribution is -2.26. The number of hydrogen-bond acceptors (Lipinski definition) is 2. The van der Waals surface area contributed by atoms with Gasteiger partial charge in [-0.1, -0.05) is 24.3 Å². The first-order chi connectivity index (χ1) is 12.6. The lowest BCUT2D eigenvalue weighted by atomic mass is 10.1. The molecule has 26 heavy (non-hydrogen) atoms. The highest BCUT2D eigenvalue weighted by molar-refractivity contribution is 5.84.